The van der Waals surface area contributed by atoms with Gasteiger partial charge in [-0.05, 0) is 23.8 Å². The summed E-state index contributed by atoms with van der Waals surface area (Å²) in [7, 11) is -0.982. The van der Waals surface area contributed by atoms with E-state index in [0.29, 0.717) is 11.8 Å². The van der Waals surface area contributed by atoms with Gasteiger partial charge in [0, 0.05) is 22.7 Å². The lowest BCUT2D eigenvalue weighted by molar-refractivity contribution is 0.508. The number of fused-ring (bicyclic) bond motifs is 1. The summed E-state index contributed by atoms with van der Waals surface area (Å²) in [6.45, 7) is 4.06. The fourth-order valence-electron chi connectivity index (χ4n) is 1.87. The molecule has 1 aliphatic heterocycles. The third-order valence-corrected chi connectivity index (χ3v) is 3.94. The zero-order valence-electron chi connectivity index (χ0n) is 8.79. The van der Waals surface area contributed by atoms with Gasteiger partial charge < -0.3 is 5.32 Å². The van der Waals surface area contributed by atoms with Gasteiger partial charge in [0.1, 0.15) is 5.82 Å². The van der Waals surface area contributed by atoms with Crippen LogP contribution in [-0.2, 0) is 10.8 Å². The Morgan fingerprint density at radius 1 is 1.53 bits per heavy atom. The van der Waals surface area contributed by atoms with Gasteiger partial charge in [0.25, 0.3) is 0 Å². The molecule has 0 radical (unpaired) electrons. The van der Waals surface area contributed by atoms with Gasteiger partial charge in [-0.15, -0.1) is 0 Å². The van der Waals surface area contributed by atoms with Crippen LogP contribution in [0.5, 0.6) is 0 Å². The second-order valence-corrected chi connectivity index (χ2v) is 5.53. The minimum atomic E-state index is -0.982. The minimum absolute atomic E-state index is 0.0246. The molecule has 1 aliphatic rings. The maximum absolute atomic E-state index is 13.1. The molecule has 0 amide bonds. The highest BCUT2D eigenvalue weighted by Crippen LogP contribution is 2.31. The van der Waals surface area contributed by atoms with Crippen LogP contribution in [0, 0.1) is 5.82 Å². The van der Waals surface area contributed by atoms with Crippen molar-refractivity contribution in [2.75, 3.05) is 5.75 Å². The van der Waals surface area contributed by atoms with Gasteiger partial charge in [0.2, 0.25) is 0 Å². The quantitative estimate of drug-likeness (QED) is 0.837. The summed E-state index contributed by atoms with van der Waals surface area (Å²) < 4.78 is 24.8. The average molecular weight is 227 g/mol. The predicted octanol–water partition coefficient (Wildman–Crippen LogP) is 1.99. The molecule has 0 spiro atoms. The summed E-state index contributed by atoms with van der Waals surface area (Å²) in [5, 5.41) is 3.30. The van der Waals surface area contributed by atoms with E-state index in [1.54, 1.807) is 6.07 Å². The molecule has 1 heterocycles. The van der Waals surface area contributed by atoms with Crippen LogP contribution < -0.4 is 5.32 Å². The standard InChI is InChI=1S/C11H14FNOS/c1-7(2)13-10-6-15(14)11-4-3-8(12)5-9(10)11/h3-5,7,10,13H,6H2,1-2H3. The maximum Gasteiger partial charge on any atom is 0.123 e. The molecule has 0 saturated heterocycles. The SMILES string of the molecule is CC(C)NC1CS(=O)c2ccc(F)cc21. The highest BCUT2D eigenvalue weighted by atomic mass is 32.2. The van der Waals surface area contributed by atoms with E-state index in [4.69, 9.17) is 0 Å². The van der Waals surface area contributed by atoms with Crippen molar-refractivity contribution < 1.29 is 8.60 Å². The Kier molecular flexibility index (Phi) is 2.89. The van der Waals surface area contributed by atoms with Gasteiger partial charge in [-0.3, -0.25) is 4.21 Å². The first kappa shape index (κ1) is 10.8. The number of rotatable bonds is 2. The van der Waals surface area contributed by atoms with E-state index in [2.05, 4.69) is 5.32 Å². The molecular weight excluding hydrogens is 213 g/mol. The summed E-state index contributed by atoms with van der Waals surface area (Å²) in [5.41, 5.74) is 0.849. The monoisotopic (exact) mass is 227 g/mol. The van der Waals surface area contributed by atoms with Crippen molar-refractivity contribution in [2.24, 2.45) is 0 Å². The summed E-state index contributed by atoms with van der Waals surface area (Å²) >= 11 is 0. The molecule has 82 valence electrons. The van der Waals surface area contributed by atoms with Crippen LogP contribution in [0.1, 0.15) is 25.5 Å². The zero-order valence-corrected chi connectivity index (χ0v) is 9.60. The molecule has 2 rings (SSSR count). The summed E-state index contributed by atoms with van der Waals surface area (Å²) in [6, 6.07) is 4.81. The summed E-state index contributed by atoms with van der Waals surface area (Å²) in [5.74, 6) is 0.292. The number of hydrogen-bond donors (Lipinski definition) is 1. The number of hydrogen-bond acceptors (Lipinski definition) is 2. The van der Waals surface area contributed by atoms with Crippen molar-refractivity contribution in [3.05, 3.63) is 29.6 Å². The average Bonchev–Trinajstić information content (AvgIpc) is 2.42. The first-order chi connectivity index (χ1) is 7.08. The topological polar surface area (TPSA) is 29.1 Å². The first-order valence-electron chi connectivity index (χ1n) is 5.02. The Balaban J connectivity index is 2.35. The lowest BCUT2D eigenvalue weighted by Crippen LogP contribution is -2.28. The van der Waals surface area contributed by atoms with E-state index in [1.807, 2.05) is 13.8 Å². The van der Waals surface area contributed by atoms with Crippen molar-refractivity contribution in [1.82, 2.24) is 5.32 Å². The molecule has 1 aromatic carbocycles. The van der Waals surface area contributed by atoms with E-state index < -0.39 is 10.8 Å². The summed E-state index contributed by atoms with van der Waals surface area (Å²) in [4.78, 5) is 0.773. The fourth-order valence-corrected chi connectivity index (χ4v) is 3.31. The third-order valence-electron chi connectivity index (χ3n) is 2.45. The lowest BCUT2D eigenvalue weighted by atomic mass is 10.1. The van der Waals surface area contributed by atoms with E-state index in [-0.39, 0.29) is 11.9 Å². The van der Waals surface area contributed by atoms with Gasteiger partial charge >= 0.3 is 0 Å². The number of benzene rings is 1. The molecule has 2 unspecified atom stereocenters. The van der Waals surface area contributed by atoms with Crippen LogP contribution >= 0.6 is 0 Å². The predicted molar refractivity (Wildman–Crippen MR) is 58.7 cm³/mol. The van der Waals surface area contributed by atoms with Gasteiger partial charge in [-0.1, -0.05) is 13.8 Å². The molecule has 0 bridgehead atoms. The minimum Gasteiger partial charge on any atom is -0.307 e. The Bertz CT molecular complexity index is 406. The van der Waals surface area contributed by atoms with Crippen molar-refractivity contribution in [3.63, 3.8) is 0 Å². The molecule has 0 aromatic heterocycles. The normalized spacial score (nSPS) is 24.5. The van der Waals surface area contributed by atoms with Crippen LogP contribution in [0.15, 0.2) is 23.1 Å². The van der Waals surface area contributed by atoms with Crippen LogP contribution in [0.3, 0.4) is 0 Å². The first-order valence-corrected chi connectivity index (χ1v) is 6.33. The lowest BCUT2D eigenvalue weighted by Gasteiger charge is -2.15. The molecule has 4 heteroatoms. The molecule has 2 atom stereocenters. The Morgan fingerprint density at radius 3 is 2.93 bits per heavy atom. The molecular formula is C11H14FNOS. The van der Waals surface area contributed by atoms with E-state index in [9.17, 15) is 8.60 Å². The molecule has 0 fully saturated rings. The van der Waals surface area contributed by atoms with Gasteiger partial charge in [0.15, 0.2) is 0 Å². The number of nitrogens with one attached hydrogen (secondary N) is 1. The highest BCUT2D eigenvalue weighted by molar-refractivity contribution is 7.85. The highest BCUT2D eigenvalue weighted by Gasteiger charge is 2.28. The Labute approximate surface area is 91.3 Å². The van der Waals surface area contributed by atoms with E-state index >= 15 is 0 Å². The molecule has 0 aliphatic carbocycles. The van der Waals surface area contributed by atoms with Crippen LogP contribution in [-0.4, -0.2) is 16.0 Å². The van der Waals surface area contributed by atoms with Gasteiger partial charge in [-0.2, -0.15) is 0 Å². The van der Waals surface area contributed by atoms with Crippen molar-refractivity contribution in [1.29, 1.82) is 0 Å². The van der Waals surface area contributed by atoms with Crippen molar-refractivity contribution in [3.8, 4) is 0 Å². The zero-order chi connectivity index (χ0) is 11.0. The second kappa shape index (κ2) is 4.02. The smallest absolute Gasteiger partial charge is 0.123 e. The van der Waals surface area contributed by atoms with Crippen LogP contribution in [0.4, 0.5) is 4.39 Å². The fraction of sp³-hybridized carbons (Fsp3) is 0.455. The van der Waals surface area contributed by atoms with Gasteiger partial charge in [0.05, 0.1) is 10.8 Å². The van der Waals surface area contributed by atoms with Crippen LogP contribution in [0.25, 0.3) is 0 Å². The van der Waals surface area contributed by atoms with Crippen LogP contribution in [0.2, 0.25) is 0 Å². The molecule has 2 nitrogen and oxygen atoms in total. The Hall–Kier alpha value is -0.740. The van der Waals surface area contributed by atoms with E-state index in [0.717, 1.165) is 10.5 Å². The third kappa shape index (κ3) is 2.11. The molecule has 1 aromatic rings. The molecule has 1 N–H and O–H groups in total. The van der Waals surface area contributed by atoms with Gasteiger partial charge in [-0.25, -0.2) is 4.39 Å². The largest absolute Gasteiger partial charge is 0.307 e. The van der Waals surface area contributed by atoms with Crippen molar-refractivity contribution in [2.45, 2.75) is 30.8 Å². The van der Waals surface area contributed by atoms with Crippen molar-refractivity contribution >= 4 is 10.8 Å². The number of halogens is 1. The summed E-state index contributed by atoms with van der Waals surface area (Å²) in [6.07, 6.45) is 0. The maximum atomic E-state index is 13.1. The Morgan fingerprint density at radius 2 is 2.27 bits per heavy atom. The molecule has 0 saturated carbocycles. The second-order valence-electron chi connectivity index (χ2n) is 4.07. The van der Waals surface area contributed by atoms with E-state index in [1.165, 1.54) is 12.1 Å². The molecule has 15 heavy (non-hydrogen) atoms.